The Balaban J connectivity index is 1.99. The van der Waals surface area contributed by atoms with E-state index in [4.69, 9.17) is 4.74 Å². The second-order valence-corrected chi connectivity index (χ2v) is 13.0. The Labute approximate surface area is 234 Å². The van der Waals surface area contributed by atoms with Crippen LogP contribution in [0.15, 0.2) is 51.1 Å². The van der Waals surface area contributed by atoms with E-state index >= 15 is 0 Å². The molecule has 0 saturated heterocycles. The molecule has 0 radical (unpaired) electrons. The number of hydrogen-bond donors (Lipinski definition) is 3. The lowest BCUT2D eigenvalue weighted by Crippen LogP contribution is -2.15. The topological polar surface area (TPSA) is 172 Å². The van der Waals surface area contributed by atoms with Gasteiger partial charge in [-0.2, -0.15) is 47.2 Å². The Bertz CT molecular complexity index is 2290. The smallest absolute Gasteiger partial charge is 0.422 e. The highest BCUT2D eigenvalue weighted by Crippen LogP contribution is 2.47. The Morgan fingerprint density at radius 2 is 0.907 bits per heavy atom. The van der Waals surface area contributed by atoms with Crippen molar-refractivity contribution in [1.29, 1.82) is 0 Å². The van der Waals surface area contributed by atoms with E-state index in [0.717, 1.165) is 24.3 Å². The summed E-state index contributed by atoms with van der Waals surface area (Å²) in [5, 5.41) is -3.24. The molecular weight excluding hydrogens is 665 g/mol. The van der Waals surface area contributed by atoms with Gasteiger partial charge < -0.3 is 4.74 Å². The molecular formula is C23H9F7O10S3. The first-order valence-corrected chi connectivity index (χ1v) is 15.2. The van der Waals surface area contributed by atoms with Crippen molar-refractivity contribution in [2.45, 2.75) is 20.9 Å². The van der Waals surface area contributed by atoms with Crippen molar-refractivity contribution in [2.24, 2.45) is 0 Å². The third-order valence-corrected chi connectivity index (χ3v) is 8.98. The van der Waals surface area contributed by atoms with Crippen molar-refractivity contribution in [3.63, 3.8) is 0 Å². The first-order valence-electron chi connectivity index (χ1n) is 10.9. The summed E-state index contributed by atoms with van der Waals surface area (Å²) >= 11 is 0. The van der Waals surface area contributed by atoms with Crippen LogP contribution in [0.5, 0.6) is 11.5 Å². The van der Waals surface area contributed by atoms with Gasteiger partial charge in [0.05, 0.1) is 0 Å². The van der Waals surface area contributed by atoms with Gasteiger partial charge in [0.2, 0.25) is 17.4 Å². The summed E-state index contributed by atoms with van der Waals surface area (Å²) < 4.78 is 204. The van der Waals surface area contributed by atoms with Gasteiger partial charge in [0.1, 0.15) is 26.0 Å². The molecule has 5 rings (SSSR count). The second kappa shape index (κ2) is 9.34. The Morgan fingerprint density at radius 3 is 1.28 bits per heavy atom. The molecule has 0 atom stereocenters. The third-order valence-electron chi connectivity index (χ3n) is 6.30. The first-order chi connectivity index (χ1) is 19.5. The number of ether oxygens (including phenoxy) is 1. The second-order valence-electron chi connectivity index (χ2n) is 8.80. The van der Waals surface area contributed by atoms with Crippen molar-refractivity contribution in [1.82, 2.24) is 0 Å². The number of hydrogen-bond acceptors (Lipinski definition) is 7. The standard InChI is InChI=1S/C23H9F7O10S3/c24-18-17(23(28,29)30)19(25)21(27)22(20(18)26)40-11-5-12(41(31,32)33)8-3-4-10-14(43(37,38)39)6-13(42(34,35)36)9-2-1-7(11)15(8)16(9)10/h1-6H,(H,31,32,33)(H,34,35,36)(H,37,38,39). The van der Waals surface area contributed by atoms with Crippen molar-refractivity contribution in [2.75, 3.05) is 0 Å². The maximum Gasteiger partial charge on any atom is 0.422 e. The van der Waals surface area contributed by atoms with Crippen LogP contribution < -0.4 is 4.74 Å². The minimum absolute atomic E-state index is 0.358. The minimum atomic E-state index is -5.91. The predicted octanol–water partition coefficient (Wildman–Crippen LogP) is 5.69. The lowest BCUT2D eigenvalue weighted by molar-refractivity contribution is -0.143. The summed E-state index contributed by atoms with van der Waals surface area (Å²) in [6.45, 7) is 0. The molecule has 43 heavy (non-hydrogen) atoms. The fourth-order valence-electron chi connectivity index (χ4n) is 4.65. The van der Waals surface area contributed by atoms with Crippen LogP contribution >= 0.6 is 0 Å². The average Bonchev–Trinajstić information content (AvgIpc) is 2.85. The lowest BCUT2D eigenvalue weighted by atomic mass is 9.93. The Kier molecular flexibility index (Phi) is 6.65. The summed E-state index contributed by atoms with van der Waals surface area (Å²) in [6, 6.07) is 4.15. The van der Waals surface area contributed by atoms with Crippen molar-refractivity contribution < 1.29 is 74.4 Å². The summed E-state index contributed by atoms with van der Waals surface area (Å²) in [5.74, 6) is -14.5. The van der Waals surface area contributed by atoms with E-state index in [2.05, 4.69) is 0 Å². The summed E-state index contributed by atoms with van der Waals surface area (Å²) in [4.78, 5) is -3.44. The van der Waals surface area contributed by atoms with E-state index in [1.165, 1.54) is 0 Å². The van der Waals surface area contributed by atoms with Gasteiger partial charge in [-0.3, -0.25) is 13.7 Å². The van der Waals surface area contributed by atoms with Crippen molar-refractivity contribution in [3.8, 4) is 11.5 Å². The number of benzene rings is 5. The summed E-state index contributed by atoms with van der Waals surface area (Å²) in [6.07, 6.45) is -5.91. The van der Waals surface area contributed by atoms with Crippen LogP contribution in [0.1, 0.15) is 5.56 Å². The summed E-state index contributed by atoms with van der Waals surface area (Å²) in [5.41, 5.74) is -2.95. The van der Waals surface area contributed by atoms with Crippen LogP contribution in [-0.4, -0.2) is 38.9 Å². The molecule has 0 aromatic heterocycles. The molecule has 0 spiro atoms. The van der Waals surface area contributed by atoms with E-state index in [0.29, 0.717) is 12.1 Å². The molecule has 5 aromatic carbocycles. The fraction of sp³-hybridized carbons (Fsp3) is 0.0435. The molecule has 5 aromatic rings. The molecule has 0 amide bonds. The van der Waals surface area contributed by atoms with Crippen LogP contribution in [0.4, 0.5) is 30.7 Å². The van der Waals surface area contributed by atoms with Crippen molar-refractivity contribution >= 4 is 62.7 Å². The monoisotopic (exact) mass is 674 g/mol. The number of halogens is 7. The summed E-state index contributed by atoms with van der Waals surface area (Å²) in [7, 11) is -16.0. The molecule has 0 aliphatic carbocycles. The minimum Gasteiger partial charge on any atom is -0.450 e. The molecule has 3 N–H and O–H groups in total. The van der Waals surface area contributed by atoms with Gasteiger partial charge in [0.25, 0.3) is 30.4 Å². The Morgan fingerprint density at radius 1 is 0.558 bits per heavy atom. The number of rotatable bonds is 5. The predicted molar refractivity (Wildman–Crippen MR) is 131 cm³/mol. The van der Waals surface area contributed by atoms with E-state index in [9.17, 15) is 69.6 Å². The van der Waals surface area contributed by atoms with E-state index < -0.39 is 124 Å². The zero-order valence-corrected chi connectivity index (χ0v) is 22.5. The van der Waals surface area contributed by atoms with Crippen LogP contribution in [0.3, 0.4) is 0 Å². The molecule has 0 heterocycles. The SMILES string of the molecule is O=S(=O)(O)c1cc(Oc2c(F)c(F)c(C(F)(F)F)c(F)c2F)c2ccc3c(S(=O)(=O)O)cc(S(=O)(=O)O)c4ccc1c2c34. The molecule has 0 aliphatic rings. The molecule has 0 bridgehead atoms. The zero-order chi connectivity index (χ0) is 32.2. The van der Waals surface area contributed by atoms with E-state index in [1.54, 1.807) is 0 Å². The lowest BCUT2D eigenvalue weighted by Gasteiger charge is -2.19. The van der Waals surface area contributed by atoms with Crippen LogP contribution in [0.2, 0.25) is 0 Å². The fourth-order valence-corrected chi connectivity index (χ4v) is 6.86. The molecule has 0 aliphatic heterocycles. The Hall–Kier alpha value is -3.82. The molecule has 0 unspecified atom stereocenters. The van der Waals surface area contributed by atoms with E-state index in [1.807, 2.05) is 0 Å². The van der Waals surface area contributed by atoms with Crippen LogP contribution in [0.25, 0.3) is 32.3 Å². The van der Waals surface area contributed by atoms with Gasteiger partial charge in [-0.05, 0) is 12.1 Å². The molecule has 0 saturated carbocycles. The first kappa shape index (κ1) is 30.6. The number of alkyl halides is 3. The molecule has 10 nitrogen and oxygen atoms in total. The van der Waals surface area contributed by atoms with Gasteiger partial charge in [-0.25, -0.2) is 8.78 Å². The van der Waals surface area contributed by atoms with Gasteiger partial charge >= 0.3 is 6.18 Å². The third kappa shape index (κ3) is 4.79. The van der Waals surface area contributed by atoms with Crippen LogP contribution in [-0.2, 0) is 36.5 Å². The van der Waals surface area contributed by atoms with Gasteiger partial charge in [0.15, 0.2) is 11.6 Å². The molecule has 228 valence electrons. The maximum absolute atomic E-state index is 14.7. The van der Waals surface area contributed by atoms with E-state index in [-0.39, 0.29) is 0 Å². The highest BCUT2D eigenvalue weighted by molar-refractivity contribution is 7.87. The highest BCUT2D eigenvalue weighted by Gasteiger charge is 2.43. The zero-order valence-electron chi connectivity index (χ0n) is 20.0. The highest BCUT2D eigenvalue weighted by atomic mass is 32.2. The van der Waals surface area contributed by atoms with Crippen LogP contribution in [0, 0.1) is 23.3 Å². The van der Waals surface area contributed by atoms with Gasteiger partial charge in [0, 0.05) is 38.4 Å². The molecule has 20 heteroatoms. The van der Waals surface area contributed by atoms with Gasteiger partial charge in [-0.15, -0.1) is 0 Å². The molecule has 0 fully saturated rings. The quantitative estimate of drug-likeness (QED) is 0.0910. The maximum atomic E-state index is 14.7. The largest absolute Gasteiger partial charge is 0.450 e. The van der Waals surface area contributed by atoms with Crippen molar-refractivity contribution in [3.05, 3.63) is 65.2 Å². The average molecular weight is 675 g/mol. The normalized spacial score (nSPS) is 13.4. The van der Waals surface area contributed by atoms with Gasteiger partial charge in [-0.1, -0.05) is 18.2 Å².